The Morgan fingerprint density at radius 3 is 2.52 bits per heavy atom. The molecule has 0 unspecified atom stereocenters. The molecule has 0 radical (unpaired) electrons. The molecule has 2 aromatic carbocycles. The standard InChI is InChI=1S/C22H20FN3O/c1-16(2)21-20(15-25-26(21)19-12-10-18(23)11-13-19)22(27)24-14-6-9-17-7-4-3-5-8-17/h3-5,7-8,10-13,15-16H,14H2,1-2H3,(H,24,27). The third kappa shape index (κ3) is 4.42. The van der Waals surface area contributed by atoms with Gasteiger partial charge in [-0.1, -0.05) is 43.9 Å². The fraction of sp³-hybridized carbons (Fsp3) is 0.182. The molecule has 3 rings (SSSR count). The van der Waals surface area contributed by atoms with Crippen molar-refractivity contribution < 1.29 is 9.18 Å². The summed E-state index contributed by atoms with van der Waals surface area (Å²) in [6.45, 7) is 4.22. The van der Waals surface area contributed by atoms with Crippen LogP contribution < -0.4 is 5.32 Å². The van der Waals surface area contributed by atoms with E-state index in [-0.39, 0.29) is 24.2 Å². The van der Waals surface area contributed by atoms with E-state index < -0.39 is 0 Å². The van der Waals surface area contributed by atoms with Crippen molar-refractivity contribution in [1.82, 2.24) is 15.1 Å². The Morgan fingerprint density at radius 2 is 1.85 bits per heavy atom. The molecule has 136 valence electrons. The molecule has 1 N–H and O–H groups in total. The maximum atomic E-state index is 13.2. The summed E-state index contributed by atoms with van der Waals surface area (Å²) >= 11 is 0. The van der Waals surface area contributed by atoms with Crippen LogP contribution in [0.2, 0.25) is 0 Å². The molecule has 1 heterocycles. The lowest BCUT2D eigenvalue weighted by molar-refractivity contribution is 0.0957. The van der Waals surface area contributed by atoms with E-state index >= 15 is 0 Å². The predicted octanol–water partition coefficient (Wildman–Crippen LogP) is 3.92. The molecule has 0 saturated carbocycles. The molecule has 0 aliphatic heterocycles. The normalized spacial score (nSPS) is 10.4. The van der Waals surface area contributed by atoms with Crippen molar-refractivity contribution in [1.29, 1.82) is 0 Å². The Hall–Kier alpha value is -3.39. The molecular formula is C22H20FN3O. The Bertz CT molecular complexity index is 980. The number of nitrogens with one attached hydrogen (secondary N) is 1. The molecule has 0 atom stereocenters. The van der Waals surface area contributed by atoms with Gasteiger partial charge in [0.05, 0.1) is 29.7 Å². The lowest BCUT2D eigenvalue weighted by atomic mass is 10.1. The molecule has 5 heteroatoms. The fourth-order valence-electron chi connectivity index (χ4n) is 2.76. The van der Waals surface area contributed by atoms with Crippen LogP contribution in [0.4, 0.5) is 4.39 Å². The summed E-state index contributed by atoms with van der Waals surface area (Å²) < 4.78 is 14.9. The summed E-state index contributed by atoms with van der Waals surface area (Å²) in [6, 6.07) is 15.6. The smallest absolute Gasteiger partial charge is 0.255 e. The van der Waals surface area contributed by atoms with Gasteiger partial charge >= 0.3 is 0 Å². The van der Waals surface area contributed by atoms with Crippen LogP contribution in [-0.4, -0.2) is 22.2 Å². The van der Waals surface area contributed by atoms with Crippen LogP contribution in [0.3, 0.4) is 0 Å². The van der Waals surface area contributed by atoms with E-state index in [0.717, 1.165) is 11.3 Å². The Morgan fingerprint density at radius 1 is 1.15 bits per heavy atom. The van der Waals surface area contributed by atoms with Crippen LogP contribution in [0.25, 0.3) is 5.69 Å². The van der Waals surface area contributed by atoms with Crippen molar-refractivity contribution in [3.05, 3.63) is 83.4 Å². The van der Waals surface area contributed by atoms with Gasteiger partial charge in [-0.05, 0) is 42.3 Å². The zero-order valence-corrected chi connectivity index (χ0v) is 15.2. The second kappa shape index (κ2) is 8.33. The highest BCUT2D eigenvalue weighted by Crippen LogP contribution is 2.23. The number of amides is 1. The average molecular weight is 361 g/mol. The lowest BCUT2D eigenvalue weighted by Gasteiger charge is -2.12. The van der Waals surface area contributed by atoms with E-state index in [0.29, 0.717) is 11.3 Å². The lowest BCUT2D eigenvalue weighted by Crippen LogP contribution is -2.25. The second-order valence-corrected chi connectivity index (χ2v) is 6.34. The first-order chi connectivity index (χ1) is 13.1. The van der Waals surface area contributed by atoms with Crippen LogP contribution in [0.15, 0.2) is 60.8 Å². The fourth-order valence-corrected chi connectivity index (χ4v) is 2.76. The number of carbonyl (C=O) groups excluding carboxylic acids is 1. The van der Waals surface area contributed by atoms with Crippen LogP contribution in [-0.2, 0) is 0 Å². The average Bonchev–Trinajstić information content (AvgIpc) is 3.12. The Balaban J connectivity index is 1.77. The van der Waals surface area contributed by atoms with Crippen LogP contribution in [0.1, 0.15) is 41.4 Å². The maximum absolute atomic E-state index is 13.2. The van der Waals surface area contributed by atoms with E-state index in [9.17, 15) is 9.18 Å². The van der Waals surface area contributed by atoms with Gasteiger partial charge in [0.25, 0.3) is 5.91 Å². The summed E-state index contributed by atoms with van der Waals surface area (Å²) in [5, 5.41) is 7.14. The quantitative estimate of drug-likeness (QED) is 0.716. The van der Waals surface area contributed by atoms with Gasteiger partial charge < -0.3 is 5.32 Å². The number of carbonyl (C=O) groups is 1. The molecule has 0 aliphatic carbocycles. The van der Waals surface area contributed by atoms with Crippen molar-refractivity contribution in [3.63, 3.8) is 0 Å². The van der Waals surface area contributed by atoms with Gasteiger partial charge in [-0.15, -0.1) is 0 Å². The van der Waals surface area contributed by atoms with Gasteiger partial charge in [-0.25, -0.2) is 9.07 Å². The monoisotopic (exact) mass is 361 g/mol. The molecule has 3 aromatic rings. The van der Waals surface area contributed by atoms with Gasteiger partial charge in [0.1, 0.15) is 5.82 Å². The highest BCUT2D eigenvalue weighted by molar-refractivity contribution is 5.95. The van der Waals surface area contributed by atoms with Crippen molar-refractivity contribution in [3.8, 4) is 17.5 Å². The first-order valence-corrected chi connectivity index (χ1v) is 8.72. The van der Waals surface area contributed by atoms with Gasteiger partial charge in [-0.2, -0.15) is 5.10 Å². The molecule has 0 saturated heterocycles. The molecule has 1 aromatic heterocycles. The summed E-state index contributed by atoms with van der Waals surface area (Å²) in [5.41, 5.74) is 2.88. The number of nitrogens with zero attached hydrogens (tertiary/aromatic N) is 2. The number of benzene rings is 2. The minimum atomic E-state index is -0.313. The first-order valence-electron chi connectivity index (χ1n) is 8.72. The van der Waals surface area contributed by atoms with E-state index in [1.807, 2.05) is 44.2 Å². The molecule has 4 nitrogen and oxygen atoms in total. The number of halogens is 1. The van der Waals surface area contributed by atoms with E-state index in [2.05, 4.69) is 22.3 Å². The third-order valence-electron chi connectivity index (χ3n) is 4.01. The van der Waals surface area contributed by atoms with Crippen LogP contribution >= 0.6 is 0 Å². The second-order valence-electron chi connectivity index (χ2n) is 6.34. The molecule has 0 bridgehead atoms. The zero-order chi connectivity index (χ0) is 19.2. The summed E-state index contributed by atoms with van der Waals surface area (Å²) in [5.74, 6) is 5.47. The maximum Gasteiger partial charge on any atom is 0.255 e. The highest BCUT2D eigenvalue weighted by Gasteiger charge is 2.20. The predicted molar refractivity (Wildman–Crippen MR) is 103 cm³/mol. The SMILES string of the molecule is CC(C)c1c(C(=O)NCC#Cc2ccccc2)cnn1-c1ccc(F)cc1. The largest absolute Gasteiger partial charge is 0.341 e. The molecule has 0 aliphatic rings. The van der Waals surface area contributed by atoms with Crippen molar-refractivity contribution in [2.45, 2.75) is 19.8 Å². The number of rotatable bonds is 4. The third-order valence-corrected chi connectivity index (χ3v) is 4.01. The summed E-state index contributed by atoms with van der Waals surface area (Å²) in [6.07, 6.45) is 1.54. The van der Waals surface area contributed by atoms with Gasteiger partial charge in [0.15, 0.2) is 0 Å². The minimum Gasteiger partial charge on any atom is -0.341 e. The Labute approximate surface area is 158 Å². The highest BCUT2D eigenvalue weighted by atomic mass is 19.1. The van der Waals surface area contributed by atoms with Crippen molar-refractivity contribution in [2.24, 2.45) is 0 Å². The molecule has 1 amide bonds. The van der Waals surface area contributed by atoms with Crippen LogP contribution in [0.5, 0.6) is 0 Å². The van der Waals surface area contributed by atoms with Gasteiger partial charge in [0.2, 0.25) is 0 Å². The van der Waals surface area contributed by atoms with E-state index in [1.54, 1.807) is 23.0 Å². The van der Waals surface area contributed by atoms with Gasteiger partial charge in [0, 0.05) is 5.56 Å². The van der Waals surface area contributed by atoms with Gasteiger partial charge in [-0.3, -0.25) is 4.79 Å². The number of aromatic nitrogens is 2. The Kier molecular flexibility index (Phi) is 5.68. The summed E-state index contributed by atoms with van der Waals surface area (Å²) in [4.78, 5) is 12.6. The number of hydrogen-bond acceptors (Lipinski definition) is 2. The topological polar surface area (TPSA) is 46.9 Å². The number of hydrogen-bond donors (Lipinski definition) is 1. The first kappa shape index (κ1) is 18.4. The minimum absolute atomic E-state index is 0.0636. The van der Waals surface area contributed by atoms with Crippen LogP contribution in [0, 0.1) is 17.7 Å². The molecular weight excluding hydrogens is 341 g/mol. The van der Waals surface area contributed by atoms with E-state index in [1.165, 1.54) is 12.1 Å². The molecule has 27 heavy (non-hydrogen) atoms. The van der Waals surface area contributed by atoms with E-state index in [4.69, 9.17) is 0 Å². The summed E-state index contributed by atoms with van der Waals surface area (Å²) in [7, 11) is 0. The molecule has 0 fully saturated rings. The molecule has 0 spiro atoms. The zero-order valence-electron chi connectivity index (χ0n) is 15.2. The van der Waals surface area contributed by atoms with Crippen molar-refractivity contribution in [2.75, 3.05) is 6.54 Å². The van der Waals surface area contributed by atoms with Crippen molar-refractivity contribution >= 4 is 5.91 Å².